The van der Waals surface area contributed by atoms with E-state index in [1.54, 1.807) is 6.07 Å². The zero-order chi connectivity index (χ0) is 19.2. The minimum atomic E-state index is -0.366. The smallest absolute Gasteiger partial charge is 0.255 e. The molecule has 0 heterocycles. The lowest BCUT2D eigenvalue weighted by atomic mass is 9.99. The molecule has 4 nitrogen and oxygen atoms in total. The lowest BCUT2D eigenvalue weighted by Gasteiger charge is -2.08. The van der Waals surface area contributed by atoms with E-state index in [0.29, 0.717) is 23.6 Å². The molecule has 0 aromatic heterocycles. The van der Waals surface area contributed by atoms with Gasteiger partial charge in [-0.15, -0.1) is 0 Å². The van der Waals surface area contributed by atoms with Gasteiger partial charge in [-0.2, -0.15) is 5.26 Å². The van der Waals surface area contributed by atoms with Gasteiger partial charge in [-0.25, -0.2) is 0 Å². The summed E-state index contributed by atoms with van der Waals surface area (Å²) in [5.74, 6) is -0.466. The van der Waals surface area contributed by atoms with Crippen molar-refractivity contribution in [1.29, 1.82) is 5.26 Å². The van der Waals surface area contributed by atoms with Crippen LogP contribution in [-0.2, 0) is 6.42 Å². The van der Waals surface area contributed by atoms with Crippen LogP contribution in [0.25, 0.3) is 11.1 Å². The molecule has 0 aliphatic carbocycles. The first-order valence-electron chi connectivity index (χ1n) is 8.43. The highest BCUT2D eigenvalue weighted by Crippen LogP contribution is 2.24. The minimum absolute atomic E-state index is 0.0996. The molecule has 0 aliphatic rings. The molecule has 3 aromatic carbocycles. The molecule has 0 atom stereocenters. The SMILES string of the molecule is N#Cc1ccccc1-c1ccc(CCNC(=O)c2cc(Cl)ccc2O)cc1. The molecule has 5 heteroatoms. The number of hydrogen-bond acceptors (Lipinski definition) is 3. The maximum atomic E-state index is 12.2. The van der Waals surface area contributed by atoms with E-state index in [1.165, 1.54) is 18.2 Å². The summed E-state index contributed by atoms with van der Waals surface area (Å²) in [6.45, 7) is 0.429. The van der Waals surface area contributed by atoms with Gasteiger partial charge in [0.2, 0.25) is 0 Å². The third-order valence-corrected chi connectivity index (χ3v) is 4.45. The number of carbonyl (C=O) groups is 1. The Bertz CT molecular complexity index is 1010. The van der Waals surface area contributed by atoms with Crippen LogP contribution in [0, 0.1) is 11.3 Å². The summed E-state index contributed by atoms with van der Waals surface area (Å²) >= 11 is 5.87. The standard InChI is InChI=1S/C22H17ClN2O2/c23-18-9-10-21(26)20(13-18)22(27)25-12-11-15-5-7-16(8-6-15)19-4-2-1-3-17(19)14-24/h1-10,13,26H,11-12H2,(H,25,27). The molecule has 2 N–H and O–H groups in total. The van der Waals surface area contributed by atoms with Crippen molar-refractivity contribution in [2.24, 2.45) is 0 Å². The first-order valence-corrected chi connectivity index (χ1v) is 8.81. The van der Waals surface area contributed by atoms with Gasteiger partial charge in [-0.3, -0.25) is 4.79 Å². The fourth-order valence-electron chi connectivity index (χ4n) is 2.79. The average Bonchev–Trinajstić information content (AvgIpc) is 2.70. The molecule has 0 saturated carbocycles. The monoisotopic (exact) mass is 376 g/mol. The summed E-state index contributed by atoms with van der Waals surface area (Å²) in [7, 11) is 0. The topological polar surface area (TPSA) is 73.1 Å². The number of phenolic OH excluding ortho intramolecular Hbond substituents is 1. The zero-order valence-corrected chi connectivity index (χ0v) is 15.2. The summed E-state index contributed by atoms with van der Waals surface area (Å²) in [4.78, 5) is 12.2. The Morgan fingerprint density at radius 1 is 1.07 bits per heavy atom. The van der Waals surface area contributed by atoms with Crippen molar-refractivity contribution in [3.63, 3.8) is 0 Å². The van der Waals surface area contributed by atoms with E-state index < -0.39 is 0 Å². The van der Waals surface area contributed by atoms with Crippen LogP contribution in [0.2, 0.25) is 5.02 Å². The fraction of sp³-hybridized carbons (Fsp3) is 0.0909. The number of rotatable bonds is 5. The first-order chi connectivity index (χ1) is 13.1. The molecule has 0 radical (unpaired) electrons. The highest BCUT2D eigenvalue weighted by Gasteiger charge is 2.11. The van der Waals surface area contributed by atoms with Gasteiger partial charge in [-0.1, -0.05) is 54.1 Å². The number of carbonyl (C=O) groups excluding carboxylic acids is 1. The minimum Gasteiger partial charge on any atom is -0.507 e. The van der Waals surface area contributed by atoms with Crippen LogP contribution in [0.5, 0.6) is 5.75 Å². The number of halogens is 1. The Labute approximate surface area is 162 Å². The van der Waals surface area contributed by atoms with Crippen molar-refractivity contribution in [2.45, 2.75) is 6.42 Å². The zero-order valence-electron chi connectivity index (χ0n) is 14.4. The Hall–Kier alpha value is -3.29. The van der Waals surface area contributed by atoms with E-state index in [1.807, 2.05) is 42.5 Å². The maximum Gasteiger partial charge on any atom is 0.255 e. The molecule has 0 spiro atoms. The van der Waals surface area contributed by atoms with Gasteiger partial charge in [0.25, 0.3) is 5.91 Å². The van der Waals surface area contributed by atoms with E-state index in [9.17, 15) is 15.2 Å². The highest BCUT2D eigenvalue weighted by atomic mass is 35.5. The number of nitrogens with zero attached hydrogens (tertiary/aromatic N) is 1. The van der Waals surface area contributed by atoms with Gasteiger partial charge in [-0.05, 0) is 47.4 Å². The lowest BCUT2D eigenvalue weighted by Crippen LogP contribution is -2.25. The van der Waals surface area contributed by atoms with Crippen molar-refractivity contribution in [2.75, 3.05) is 6.54 Å². The molecule has 27 heavy (non-hydrogen) atoms. The number of hydrogen-bond donors (Lipinski definition) is 2. The van der Waals surface area contributed by atoms with E-state index in [4.69, 9.17) is 11.6 Å². The largest absolute Gasteiger partial charge is 0.507 e. The highest BCUT2D eigenvalue weighted by molar-refractivity contribution is 6.31. The van der Waals surface area contributed by atoms with E-state index in [-0.39, 0.29) is 17.2 Å². The van der Waals surface area contributed by atoms with Crippen LogP contribution in [-0.4, -0.2) is 17.6 Å². The van der Waals surface area contributed by atoms with Crippen molar-refractivity contribution in [1.82, 2.24) is 5.32 Å². The van der Waals surface area contributed by atoms with E-state index in [2.05, 4.69) is 11.4 Å². The van der Waals surface area contributed by atoms with Gasteiger partial charge in [0.05, 0.1) is 17.2 Å². The number of nitriles is 1. The van der Waals surface area contributed by atoms with Crippen LogP contribution in [0.4, 0.5) is 0 Å². The molecular formula is C22H17ClN2O2. The normalized spacial score (nSPS) is 10.2. The Kier molecular flexibility index (Phi) is 5.75. The fourth-order valence-corrected chi connectivity index (χ4v) is 2.96. The van der Waals surface area contributed by atoms with Crippen LogP contribution in [0.3, 0.4) is 0 Å². The number of nitrogens with one attached hydrogen (secondary N) is 1. The number of aromatic hydroxyl groups is 1. The molecule has 0 bridgehead atoms. The van der Waals surface area contributed by atoms with Crippen LogP contribution < -0.4 is 5.32 Å². The molecule has 0 saturated heterocycles. The van der Waals surface area contributed by atoms with Crippen LogP contribution >= 0.6 is 11.6 Å². The third-order valence-electron chi connectivity index (χ3n) is 4.21. The van der Waals surface area contributed by atoms with Gasteiger partial charge in [0.1, 0.15) is 5.75 Å². The van der Waals surface area contributed by atoms with E-state index in [0.717, 1.165) is 16.7 Å². The summed E-state index contributed by atoms with van der Waals surface area (Å²) in [5.41, 5.74) is 3.73. The first kappa shape index (κ1) is 18.5. The maximum absolute atomic E-state index is 12.2. The molecular weight excluding hydrogens is 360 g/mol. The molecule has 0 aliphatic heterocycles. The average molecular weight is 377 g/mol. The van der Waals surface area contributed by atoms with E-state index >= 15 is 0 Å². The number of benzene rings is 3. The second-order valence-electron chi connectivity index (χ2n) is 6.02. The summed E-state index contributed by atoms with van der Waals surface area (Å²) in [6, 6.07) is 21.9. The second-order valence-corrected chi connectivity index (χ2v) is 6.46. The second kappa shape index (κ2) is 8.39. The summed E-state index contributed by atoms with van der Waals surface area (Å²) < 4.78 is 0. The Morgan fingerprint density at radius 2 is 1.81 bits per heavy atom. The predicted molar refractivity (Wildman–Crippen MR) is 106 cm³/mol. The molecule has 134 valence electrons. The third kappa shape index (κ3) is 4.46. The van der Waals surface area contributed by atoms with Crippen molar-refractivity contribution in [3.05, 3.63) is 88.4 Å². The summed E-state index contributed by atoms with van der Waals surface area (Å²) in [5, 5.41) is 22.2. The van der Waals surface area contributed by atoms with Gasteiger partial charge in [0.15, 0.2) is 0 Å². The number of amides is 1. The van der Waals surface area contributed by atoms with Crippen molar-refractivity contribution >= 4 is 17.5 Å². The number of phenols is 1. The molecule has 3 rings (SSSR count). The molecule has 0 unspecified atom stereocenters. The molecule has 1 amide bonds. The van der Waals surface area contributed by atoms with Crippen molar-refractivity contribution < 1.29 is 9.90 Å². The molecule has 0 fully saturated rings. The van der Waals surface area contributed by atoms with Crippen LogP contribution in [0.1, 0.15) is 21.5 Å². The van der Waals surface area contributed by atoms with Crippen molar-refractivity contribution in [3.8, 4) is 22.9 Å². The van der Waals surface area contributed by atoms with Crippen LogP contribution in [0.15, 0.2) is 66.7 Å². The Morgan fingerprint density at radius 3 is 2.56 bits per heavy atom. The summed E-state index contributed by atoms with van der Waals surface area (Å²) in [6.07, 6.45) is 0.646. The molecule has 3 aromatic rings. The van der Waals surface area contributed by atoms with Gasteiger partial charge >= 0.3 is 0 Å². The lowest BCUT2D eigenvalue weighted by molar-refractivity contribution is 0.0951. The Balaban J connectivity index is 1.62. The van der Waals surface area contributed by atoms with Gasteiger partial charge in [0, 0.05) is 11.6 Å². The van der Waals surface area contributed by atoms with Gasteiger partial charge < -0.3 is 10.4 Å². The quantitative estimate of drug-likeness (QED) is 0.685. The predicted octanol–water partition coefficient (Wildman–Crippen LogP) is 4.56.